The minimum atomic E-state index is -0.272. The van der Waals surface area contributed by atoms with Crippen molar-refractivity contribution in [1.29, 1.82) is 0 Å². The Balaban J connectivity index is 1.92. The lowest BCUT2D eigenvalue weighted by Gasteiger charge is -2.11. The molecule has 0 aliphatic carbocycles. The Hall–Kier alpha value is -3.35. The maximum Gasteiger partial charge on any atom is 0.332 e. The first kappa shape index (κ1) is 17.1. The maximum absolute atomic E-state index is 12.7. The van der Waals surface area contributed by atoms with Gasteiger partial charge in [0.05, 0.1) is 24.9 Å². The topological polar surface area (TPSA) is 82.0 Å². The fourth-order valence-electron chi connectivity index (χ4n) is 3.12. The van der Waals surface area contributed by atoms with Crippen LogP contribution in [0.1, 0.15) is 19.8 Å². The Morgan fingerprint density at radius 1 is 1.11 bits per heavy atom. The van der Waals surface area contributed by atoms with E-state index < -0.39 is 0 Å². The van der Waals surface area contributed by atoms with Crippen LogP contribution in [-0.2, 0) is 0 Å². The zero-order chi connectivity index (χ0) is 18.8. The molecule has 7 nitrogen and oxygen atoms in total. The van der Waals surface area contributed by atoms with Gasteiger partial charge < -0.3 is 9.47 Å². The Kier molecular flexibility index (Phi) is 4.50. The molecule has 0 unspecified atom stereocenters. The molecule has 0 radical (unpaired) electrons. The number of hydrogen-bond acceptors (Lipinski definition) is 5. The lowest BCUT2D eigenvalue weighted by Crippen LogP contribution is -2.15. The van der Waals surface area contributed by atoms with Gasteiger partial charge in [-0.3, -0.25) is 14.5 Å². The van der Waals surface area contributed by atoms with Crippen molar-refractivity contribution in [2.75, 3.05) is 13.7 Å². The summed E-state index contributed by atoms with van der Waals surface area (Å²) in [6.07, 6.45) is 5.31. The third kappa shape index (κ3) is 3.01. The summed E-state index contributed by atoms with van der Waals surface area (Å²) in [5.74, 6) is 1.33. The zero-order valence-electron chi connectivity index (χ0n) is 15.2. The average molecular weight is 364 g/mol. The third-order valence-corrected chi connectivity index (χ3v) is 4.46. The number of aromatic amines is 1. The van der Waals surface area contributed by atoms with Crippen LogP contribution in [0.15, 0.2) is 47.5 Å². The van der Waals surface area contributed by atoms with Gasteiger partial charge in [0, 0.05) is 23.8 Å². The number of aromatic nitrogens is 4. The molecule has 0 bridgehead atoms. The summed E-state index contributed by atoms with van der Waals surface area (Å²) in [6, 6.07) is 9.19. The third-order valence-electron chi connectivity index (χ3n) is 4.46. The van der Waals surface area contributed by atoms with E-state index in [1.807, 2.05) is 18.2 Å². The normalized spacial score (nSPS) is 11.2. The van der Waals surface area contributed by atoms with Gasteiger partial charge in [-0.25, -0.2) is 9.78 Å². The zero-order valence-corrected chi connectivity index (χ0v) is 15.2. The van der Waals surface area contributed by atoms with Crippen LogP contribution < -0.4 is 15.2 Å². The number of benzene rings is 1. The van der Waals surface area contributed by atoms with Crippen molar-refractivity contribution >= 4 is 22.1 Å². The molecule has 3 aromatic heterocycles. The summed E-state index contributed by atoms with van der Waals surface area (Å²) in [7, 11) is 1.61. The number of nitrogens with zero attached hydrogens (tertiary/aromatic N) is 3. The Bertz CT molecular complexity index is 1160. The van der Waals surface area contributed by atoms with Crippen LogP contribution in [0.3, 0.4) is 0 Å². The van der Waals surface area contributed by atoms with Gasteiger partial charge in [-0.1, -0.05) is 13.3 Å². The molecule has 3 heterocycles. The van der Waals surface area contributed by atoms with Gasteiger partial charge in [-0.05, 0) is 30.7 Å². The lowest BCUT2D eigenvalue weighted by molar-refractivity contribution is 0.312. The fraction of sp³-hybridized carbons (Fsp3) is 0.250. The van der Waals surface area contributed by atoms with E-state index in [4.69, 9.17) is 9.47 Å². The number of unbranched alkanes of at least 4 members (excludes halogenated alkanes) is 1. The van der Waals surface area contributed by atoms with E-state index in [1.165, 1.54) is 0 Å². The molecule has 0 atom stereocenters. The molecule has 0 amide bonds. The molecule has 0 aliphatic rings. The number of pyridine rings is 2. The van der Waals surface area contributed by atoms with Crippen molar-refractivity contribution in [1.82, 2.24) is 19.5 Å². The highest BCUT2D eigenvalue weighted by Gasteiger charge is 2.16. The second-order valence-corrected chi connectivity index (χ2v) is 6.19. The Morgan fingerprint density at radius 2 is 1.93 bits per heavy atom. The summed E-state index contributed by atoms with van der Waals surface area (Å²) >= 11 is 0. The van der Waals surface area contributed by atoms with Crippen LogP contribution in [0, 0.1) is 0 Å². The quantitative estimate of drug-likeness (QED) is 0.530. The van der Waals surface area contributed by atoms with E-state index in [-0.39, 0.29) is 5.69 Å². The van der Waals surface area contributed by atoms with Gasteiger partial charge in [0.1, 0.15) is 17.0 Å². The van der Waals surface area contributed by atoms with E-state index in [0.29, 0.717) is 35.0 Å². The second kappa shape index (κ2) is 7.11. The van der Waals surface area contributed by atoms with E-state index in [2.05, 4.69) is 21.9 Å². The number of nitrogens with one attached hydrogen (secondary N) is 1. The van der Waals surface area contributed by atoms with Crippen molar-refractivity contribution in [3.8, 4) is 17.2 Å². The van der Waals surface area contributed by atoms with Crippen LogP contribution >= 0.6 is 0 Å². The summed E-state index contributed by atoms with van der Waals surface area (Å²) in [5, 5.41) is 0.830. The summed E-state index contributed by atoms with van der Waals surface area (Å²) in [4.78, 5) is 24.1. The van der Waals surface area contributed by atoms with Crippen molar-refractivity contribution in [3.05, 3.63) is 53.2 Å². The molecule has 0 saturated heterocycles. The van der Waals surface area contributed by atoms with Crippen LogP contribution in [0.25, 0.3) is 27.8 Å². The van der Waals surface area contributed by atoms with Gasteiger partial charge in [-0.2, -0.15) is 0 Å². The van der Waals surface area contributed by atoms with Gasteiger partial charge >= 0.3 is 5.69 Å². The van der Waals surface area contributed by atoms with Gasteiger partial charge in [0.2, 0.25) is 0 Å². The number of fused-ring (bicyclic) bond motifs is 2. The molecule has 0 saturated carbocycles. The molecule has 7 heteroatoms. The number of methoxy groups -OCH3 is 1. The van der Waals surface area contributed by atoms with E-state index in [0.717, 1.165) is 23.7 Å². The molecular formula is C20H20N4O3. The summed E-state index contributed by atoms with van der Waals surface area (Å²) in [5.41, 5.74) is 2.33. The molecule has 138 valence electrons. The summed E-state index contributed by atoms with van der Waals surface area (Å²) < 4.78 is 12.9. The molecule has 1 aromatic carbocycles. The molecule has 4 aromatic rings. The van der Waals surface area contributed by atoms with Crippen LogP contribution in [0.2, 0.25) is 0 Å². The number of H-pyrrole nitrogens is 1. The monoisotopic (exact) mass is 364 g/mol. The molecule has 1 N–H and O–H groups in total. The second-order valence-electron chi connectivity index (χ2n) is 6.19. The Labute approximate surface area is 155 Å². The maximum atomic E-state index is 12.7. The van der Waals surface area contributed by atoms with Crippen molar-refractivity contribution in [2.24, 2.45) is 0 Å². The van der Waals surface area contributed by atoms with E-state index >= 15 is 0 Å². The SMILES string of the molecule is CCCCOc1ccnc2[nH]c(=O)n(-c3ccc4nccc(OC)c4c3)c12. The fourth-order valence-corrected chi connectivity index (χ4v) is 3.12. The highest BCUT2D eigenvalue weighted by molar-refractivity contribution is 5.88. The Morgan fingerprint density at radius 3 is 2.74 bits per heavy atom. The van der Waals surface area contributed by atoms with E-state index in [1.54, 1.807) is 36.2 Å². The van der Waals surface area contributed by atoms with E-state index in [9.17, 15) is 4.79 Å². The molecule has 0 aliphatic heterocycles. The highest BCUT2D eigenvalue weighted by atomic mass is 16.5. The van der Waals surface area contributed by atoms with Crippen LogP contribution in [0.5, 0.6) is 11.5 Å². The highest BCUT2D eigenvalue weighted by Crippen LogP contribution is 2.29. The summed E-state index contributed by atoms with van der Waals surface area (Å²) in [6.45, 7) is 2.69. The van der Waals surface area contributed by atoms with Gasteiger partial charge in [-0.15, -0.1) is 0 Å². The first-order chi connectivity index (χ1) is 13.2. The minimum Gasteiger partial charge on any atom is -0.496 e. The number of hydrogen-bond donors (Lipinski definition) is 1. The number of imidazole rings is 1. The minimum absolute atomic E-state index is 0.272. The van der Waals surface area contributed by atoms with Crippen molar-refractivity contribution < 1.29 is 9.47 Å². The molecule has 27 heavy (non-hydrogen) atoms. The number of rotatable bonds is 6. The molecule has 0 fully saturated rings. The van der Waals surface area contributed by atoms with Crippen molar-refractivity contribution in [2.45, 2.75) is 19.8 Å². The molecule has 0 spiro atoms. The first-order valence-corrected chi connectivity index (χ1v) is 8.88. The van der Waals surface area contributed by atoms with Gasteiger partial charge in [0.15, 0.2) is 5.65 Å². The van der Waals surface area contributed by atoms with Gasteiger partial charge in [0.25, 0.3) is 0 Å². The average Bonchev–Trinajstić information content (AvgIpc) is 3.04. The smallest absolute Gasteiger partial charge is 0.332 e. The van der Waals surface area contributed by atoms with Crippen molar-refractivity contribution in [3.63, 3.8) is 0 Å². The molecular weight excluding hydrogens is 344 g/mol. The molecule has 4 rings (SSSR count). The lowest BCUT2D eigenvalue weighted by atomic mass is 10.2. The van der Waals surface area contributed by atoms with Crippen LogP contribution in [0.4, 0.5) is 0 Å². The first-order valence-electron chi connectivity index (χ1n) is 8.88. The predicted molar refractivity (Wildman–Crippen MR) is 104 cm³/mol. The van der Waals surface area contributed by atoms with Crippen LogP contribution in [-0.4, -0.2) is 33.2 Å². The largest absolute Gasteiger partial charge is 0.496 e. The predicted octanol–water partition coefficient (Wildman–Crippen LogP) is 3.45. The standard InChI is InChI=1S/C20H20N4O3/c1-3-4-11-27-17-8-10-22-19-18(17)24(20(25)23-19)13-5-6-15-14(12-13)16(26-2)7-9-21-15/h5-10,12H,3-4,11H2,1-2H3,(H,22,23,25). The number of ether oxygens (including phenoxy) is 2.